The number of fused-ring (bicyclic) bond motifs is 1. The van der Waals surface area contributed by atoms with Gasteiger partial charge in [-0.25, -0.2) is 0 Å². The van der Waals surface area contributed by atoms with Crippen LogP contribution >= 0.6 is 0 Å². The number of carbonyl (C=O) groups is 2. The smallest absolute Gasteiger partial charge is 0.227 e. The molecule has 0 aromatic heterocycles. The maximum atomic E-state index is 13.1. The number of hydrogen-bond donors (Lipinski definition) is 2. The van der Waals surface area contributed by atoms with Gasteiger partial charge < -0.3 is 25.2 Å². The number of nitrogens with zero attached hydrogens (tertiary/aromatic N) is 2. The number of ether oxygens (including phenoxy) is 1. The number of aryl methyl sites for hydroxylation is 1. The highest BCUT2D eigenvalue weighted by atomic mass is 16.5. The van der Waals surface area contributed by atoms with E-state index in [1.807, 2.05) is 24.3 Å². The number of anilines is 1. The molecule has 7 heteroatoms. The molecule has 0 radical (unpaired) electrons. The second-order valence-corrected chi connectivity index (χ2v) is 11.0. The van der Waals surface area contributed by atoms with E-state index in [9.17, 15) is 9.59 Å². The number of amides is 2. The topological polar surface area (TPSA) is 73.9 Å². The molecule has 1 heterocycles. The Morgan fingerprint density at radius 1 is 1.05 bits per heavy atom. The Hall–Kier alpha value is -2.90. The fraction of sp³-hybridized carbons (Fsp3) is 0.533. The van der Waals surface area contributed by atoms with Gasteiger partial charge >= 0.3 is 0 Å². The molecule has 7 nitrogen and oxygen atoms in total. The lowest BCUT2D eigenvalue weighted by Crippen LogP contribution is -2.51. The Morgan fingerprint density at radius 3 is 2.49 bits per heavy atom. The number of piperazine rings is 1. The molecule has 0 spiro atoms. The number of rotatable bonds is 8. The highest BCUT2D eigenvalue weighted by Gasteiger charge is 2.40. The van der Waals surface area contributed by atoms with Crippen molar-refractivity contribution in [3.63, 3.8) is 0 Å². The molecule has 2 aromatic carbocycles. The van der Waals surface area contributed by atoms with Crippen LogP contribution in [0.5, 0.6) is 5.75 Å². The maximum Gasteiger partial charge on any atom is 0.227 e. The van der Waals surface area contributed by atoms with Gasteiger partial charge in [0.2, 0.25) is 11.8 Å². The molecule has 198 valence electrons. The molecule has 2 aliphatic carbocycles. The Bertz CT molecular complexity index is 1090. The molecule has 2 fully saturated rings. The zero-order chi connectivity index (χ0) is 25.8. The molecule has 1 unspecified atom stereocenters. The Balaban J connectivity index is 1.16. The van der Waals surface area contributed by atoms with E-state index in [4.69, 9.17) is 4.74 Å². The first-order valence-electron chi connectivity index (χ1n) is 13.7. The minimum atomic E-state index is -0.272. The van der Waals surface area contributed by atoms with Crippen LogP contribution in [0.1, 0.15) is 48.8 Å². The van der Waals surface area contributed by atoms with E-state index in [2.05, 4.69) is 45.7 Å². The van der Waals surface area contributed by atoms with E-state index >= 15 is 0 Å². The zero-order valence-electron chi connectivity index (χ0n) is 22.2. The fourth-order valence-electron chi connectivity index (χ4n) is 5.96. The molecule has 1 aliphatic heterocycles. The third-order valence-corrected chi connectivity index (χ3v) is 8.58. The monoisotopic (exact) mass is 504 g/mol. The first kappa shape index (κ1) is 25.7. The van der Waals surface area contributed by atoms with Gasteiger partial charge in [-0.3, -0.25) is 9.59 Å². The lowest BCUT2D eigenvalue weighted by atomic mass is 9.71. The minimum absolute atomic E-state index is 0.0554. The Kier molecular flexibility index (Phi) is 7.81. The van der Waals surface area contributed by atoms with Crippen LogP contribution in [0.3, 0.4) is 0 Å². The molecular formula is C30H40N4O3. The van der Waals surface area contributed by atoms with E-state index in [0.29, 0.717) is 12.8 Å². The van der Waals surface area contributed by atoms with Crippen molar-refractivity contribution in [3.05, 3.63) is 59.2 Å². The van der Waals surface area contributed by atoms with Crippen molar-refractivity contribution in [2.75, 3.05) is 52.2 Å². The molecule has 3 aliphatic rings. The second kappa shape index (κ2) is 11.2. The summed E-state index contributed by atoms with van der Waals surface area (Å²) in [6.07, 6.45) is 6.00. The molecule has 5 rings (SSSR count). The summed E-state index contributed by atoms with van der Waals surface area (Å²) in [6.45, 7) is 5.01. The van der Waals surface area contributed by atoms with Crippen molar-refractivity contribution in [2.45, 2.75) is 50.5 Å². The lowest BCUT2D eigenvalue weighted by Gasteiger charge is -2.43. The molecular weight excluding hydrogens is 464 g/mol. The van der Waals surface area contributed by atoms with Crippen molar-refractivity contribution < 1.29 is 14.3 Å². The van der Waals surface area contributed by atoms with Gasteiger partial charge in [0.25, 0.3) is 0 Å². The zero-order valence-corrected chi connectivity index (χ0v) is 22.2. The van der Waals surface area contributed by atoms with Crippen LogP contribution in [0.4, 0.5) is 5.69 Å². The van der Waals surface area contributed by atoms with Crippen LogP contribution in [0.15, 0.2) is 42.5 Å². The van der Waals surface area contributed by atoms with Crippen LogP contribution < -0.4 is 15.4 Å². The molecule has 1 saturated heterocycles. The standard InChI is InChI=1S/C30H40N4O3/c1-33-17-19-34(20-18-33)16-13-28(35)32-30(14-4-15-30)24-9-11-25(12-10-24)31-29(36)23-8-7-22-5-3-6-27(37-2)26(22)21-23/h3,5-6,9-12,23H,4,7-8,13-21H2,1-2H3,(H,31,36)(H,32,35). The molecule has 1 atom stereocenters. The number of methoxy groups -OCH3 is 1. The van der Waals surface area contributed by atoms with Gasteiger partial charge in [-0.2, -0.15) is 0 Å². The summed E-state index contributed by atoms with van der Waals surface area (Å²) in [7, 11) is 3.83. The fourth-order valence-corrected chi connectivity index (χ4v) is 5.96. The normalized spacial score (nSPS) is 21.4. The van der Waals surface area contributed by atoms with Crippen LogP contribution in [-0.2, 0) is 28.0 Å². The highest BCUT2D eigenvalue weighted by Crippen LogP contribution is 2.41. The van der Waals surface area contributed by atoms with Gasteiger partial charge in [-0.15, -0.1) is 0 Å². The average Bonchev–Trinajstić information content (AvgIpc) is 2.90. The molecule has 2 N–H and O–H groups in total. The average molecular weight is 505 g/mol. The van der Waals surface area contributed by atoms with Crippen LogP contribution in [0.25, 0.3) is 0 Å². The molecule has 37 heavy (non-hydrogen) atoms. The van der Waals surface area contributed by atoms with Gasteiger partial charge in [0.1, 0.15) is 5.75 Å². The maximum absolute atomic E-state index is 13.1. The van der Waals surface area contributed by atoms with Crippen molar-refractivity contribution >= 4 is 17.5 Å². The minimum Gasteiger partial charge on any atom is -0.496 e. The predicted molar refractivity (Wildman–Crippen MR) is 146 cm³/mol. The van der Waals surface area contributed by atoms with E-state index in [1.54, 1.807) is 7.11 Å². The summed E-state index contributed by atoms with van der Waals surface area (Å²) in [5.74, 6) is 0.987. The van der Waals surface area contributed by atoms with Gasteiger partial charge in [-0.05, 0) is 80.5 Å². The van der Waals surface area contributed by atoms with Crippen LogP contribution in [-0.4, -0.2) is 68.5 Å². The number of carbonyl (C=O) groups excluding carboxylic acids is 2. The second-order valence-electron chi connectivity index (χ2n) is 11.0. The summed E-state index contributed by atoms with van der Waals surface area (Å²) in [6, 6.07) is 14.2. The molecule has 1 saturated carbocycles. The van der Waals surface area contributed by atoms with Crippen LogP contribution in [0.2, 0.25) is 0 Å². The first-order valence-corrected chi connectivity index (χ1v) is 13.7. The van der Waals surface area contributed by atoms with Gasteiger partial charge in [0.05, 0.1) is 12.6 Å². The number of nitrogens with one attached hydrogen (secondary N) is 2. The Morgan fingerprint density at radius 2 is 1.81 bits per heavy atom. The first-order chi connectivity index (χ1) is 18.0. The number of likely N-dealkylation sites (N-methyl/N-ethyl adjacent to an activating group) is 1. The van der Waals surface area contributed by atoms with Gasteiger partial charge in [-0.1, -0.05) is 24.3 Å². The van der Waals surface area contributed by atoms with E-state index in [-0.39, 0.29) is 23.3 Å². The summed E-state index contributed by atoms with van der Waals surface area (Å²) < 4.78 is 5.53. The summed E-state index contributed by atoms with van der Waals surface area (Å²) in [4.78, 5) is 30.6. The number of hydrogen-bond acceptors (Lipinski definition) is 5. The van der Waals surface area contributed by atoms with Crippen molar-refractivity contribution in [3.8, 4) is 5.75 Å². The molecule has 0 bridgehead atoms. The largest absolute Gasteiger partial charge is 0.496 e. The third-order valence-electron chi connectivity index (χ3n) is 8.58. The van der Waals surface area contributed by atoms with E-state index in [1.165, 1.54) is 5.56 Å². The van der Waals surface area contributed by atoms with Crippen molar-refractivity contribution in [1.82, 2.24) is 15.1 Å². The predicted octanol–water partition coefficient (Wildman–Crippen LogP) is 3.57. The number of benzene rings is 2. The van der Waals surface area contributed by atoms with E-state index in [0.717, 1.165) is 87.4 Å². The van der Waals surface area contributed by atoms with Gasteiger partial charge in [0.15, 0.2) is 0 Å². The lowest BCUT2D eigenvalue weighted by molar-refractivity contribution is -0.124. The van der Waals surface area contributed by atoms with Crippen LogP contribution in [0, 0.1) is 5.92 Å². The molecule has 2 aromatic rings. The Labute approximate surface area is 220 Å². The van der Waals surface area contributed by atoms with Gasteiger partial charge in [0, 0.05) is 50.7 Å². The van der Waals surface area contributed by atoms with Crippen molar-refractivity contribution in [2.24, 2.45) is 5.92 Å². The SMILES string of the molecule is COc1cccc2c1CC(C(=O)Nc1ccc(C3(NC(=O)CCN4CCN(C)CC4)CCC3)cc1)CC2. The highest BCUT2D eigenvalue weighted by molar-refractivity contribution is 5.93. The third kappa shape index (κ3) is 5.83. The summed E-state index contributed by atoms with van der Waals surface area (Å²) >= 11 is 0. The van der Waals surface area contributed by atoms with E-state index < -0.39 is 0 Å². The summed E-state index contributed by atoms with van der Waals surface area (Å²) in [5, 5.41) is 6.47. The van der Waals surface area contributed by atoms with Crippen molar-refractivity contribution in [1.29, 1.82) is 0 Å². The molecule has 2 amide bonds. The summed E-state index contributed by atoms with van der Waals surface area (Å²) in [5.41, 5.74) is 4.09. The quantitative estimate of drug-likeness (QED) is 0.575.